The number of benzene rings is 1. The predicted octanol–water partition coefficient (Wildman–Crippen LogP) is 2.71. The third kappa shape index (κ3) is 3.62. The van der Waals surface area contributed by atoms with Gasteiger partial charge in [-0.2, -0.15) is 0 Å². The number of carbonyl (C=O) groups is 1. The molecular formula is C19H24N2O6. The molecule has 2 atom stereocenters. The highest BCUT2D eigenvalue weighted by molar-refractivity contribution is 5.91. The number of non-ortho nitro benzene ring substituents is 1. The molecule has 2 unspecified atom stereocenters. The van der Waals surface area contributed by atoms with E-state index < -0.39 is 28.3 Å². The van der Waals surface area contributed by atoms with Gasteiger partial charge in [0, 0.05) is 23.8 Å². The first-order valence-electron chi connectivity index (χ1n) is 8.75. The fourth-order valence-electron chi connectivity index (χ4n) is 3.41. The van der Waals surface area contributed by atoms with Crippen molar-refractivity contribution in [2.24, 2.45) is 0 Å². The number of ether oxygens (including phenoxy) is 2. The van der Waals surface area contributed by atoms with Crippen LogP contribution in [-0.4, -0.2) is 44.7 Å². The fourth-order valence-corrected chi connectivity index (χ4v) is 3.41. The maximum absolute atomic E-state index is 12.6. The number of aliphatic hydroxyl groups is 1. The molecule has 2 aliphatic heterocycles. The molecule has 2 heterocycles. The Bertz CT molecular complexity index is 824. The Morgan fingerprint density at radius 3 is 2.63 bits per heavy atom. The number of aliphatic hydroxyl groups excluding tert-OH is 1. The lowest BCUT2D eigenvalue weighted by Gasteiger charge is -2.45. The summed E-state index contributed by atoms with van der Waals surface area (Å²) >= 11 is 0. The quantitative estimate of drug-likeness (QED) is 0.643. The summed E-state index contributed by atoms with van der Waals surface area (Å²) in [5, 5.41) is 22.1. The molecule has 1 N–H and O–H groups in total. The summed E-state index contributed by atoms with van der Waals surface area (Å²) in [4.78, 5) is 24.8. The molecule has 0 bridgehead atoms. The van der Waals surface area contributed by atoms with Gasteiger partial charge in [0.25, 0.3) is 11.6 Å². The highest BCUT2D eigenvalue weighted by atomic mass is 16.6. The van der Waals surface area contributed by atoms with Crippen LogP contribution in [0.3, 0.4) is 0 Å². The summed E-state index contributed by atoms with van der Waals surface area (Å²) < 4.78 is 11.6. The normalized spacial score (nSPS) is 24.1. The van der Waals surface area contributed by atoms with Crippen molar-refractivity contribution in [3.8, 4) is 5.75 Å². The van der Waals surface area contributed by atoms with E-state index in [1.54, 1.807) is 13.8 Å². The average molecular weight is 376 g/mol. The summed E-state index contributed by atoms with van der Waals surface area (Å²) in [6.45, 7) is 9.26. The molecule has 0 aliphatic carbocycles. The molecule has 146 valence electrons. The Hall–Kier alpha value is -2.61. The van der Waals surface area contributed by atoms with E-state index in [0.29, 0.717) is 17.1 Å². The van der Waals surface area contributed by atoms with Crippen molar-refractivity contribution < 1.29 is 24.3 Å². The van der Waals surface area contributed by atoms with E-state index in [9.17, 15) is 20.0 Å². The first kappa shape index (κ1) is 19.2. The standard InChI is InChI=1S/C19H24N2O6/c1-18(2,3)26-12-9-15(22)20(10-12)16-13-8-11(21(24)25)6-7-14(13)27-19(4,5)17(16)23/h6-9,16-17,23H,10H2,1-5H3. The second-order valence-corrected chi connectivity index (χ2v) is 8.37. The summed E-state index contributed by atoms with van der Waals surface area (Å²) in [5.74, 6) is 0.600. The number of hydrogen-bond donors (Lipinski definition) is 1. The minimum Gasteiger partial charge on any atom is -0.490 e. The van der Waals surface area contributed by atoms with Crippen LogP contribution >= 0.6 is 0 Å². The Balaban J connectivity index is 2.01. The Morgan fingerprint density at radius 2 is 2.04 bits per heavy atom. The predicted molar refractivity (Wildman–Crippen MR) is 97.2 cm³/mol. The Kier molecular flexibility index (Phi) is 4.42. The number of nitrogens with zero attached hydrogens (tertiary/aromatic N) is 2. The molecule has 0 saturated heterocycles. The van der Waals surface area contributed by atoms with Crippen LogP contribution in [0.2, 0.25) is 0 Å². The number of carbonyl (C=O) groups excluding carboxylic acids is 1. The molecule has 27 heavy (non-hydrogen) atoms. The van der Waals surface area contributed by atoms with Gasteiger partial charge >= 0.3 is 0 Å². The van der Waals surface area contributed by atoms with Crippen molar-refractivity contribution in [2.75, 3.05) is 6.54 Å². The molecule has 0 radical (unpaired) electrons. The van der Waals surface area contributed by atoms with Crippen LogP contribution < -0.4 is 4.74 Å². The van der Waals surface area contributed by atoms with Gasteiger partial charge in [-0.3, -0.25) is 14.9 Å². The highest BCUT2D eigenvalue weighted by Gasteiger charge is 2.48. The minimum absolute atomic E-state index is 0.125. The van der Waals surface area contributed by atoms with Gasteiger partial charge in [-0.05, 0) is 40.7 Å². The number of amides is 1. The number of nitro groups is 1. The van der Waals surface area contributed by atoms with Crippen LogP contribution in [0.25, 0.3) is 0 Å². The van der Waals surface area contributed by atoms with E-state index in [1.165, 1.54) is 29.2 Å². The van der Waals surface area contributed by atoms with Crippen molar-refractivity contribution in [2.45, 2.75) is 58.0 Å². The van der Waals surface area contributed by atoms with Crippen molar-refractivity contribution in [3.05, 3.63) is 45.7 Å². The summed E-state index contributed by atoms with van der Waals surface area (Å²) in [7, 11) is 0. The van der Waals surface area contributed by atoms with Crippen LogP contribution in [0, 0.1) is 10.1 Å². The van der Waals surface area contributed by atoms with E-state index in [-0.39, 0.29) is 18.1 Å². The molecule has 1 aromatic carbocycles. The van der Waals surface area contributed by atoms with E-state index in [0.717, 1.165) is 0 Å². The topological polar surface area (TPSA) is 102 Å². The summed E-state index contributed by atoms with van der Waals surface area (Å²) in [6.07, 6.45) is 0.329. The molecule has 3 rings (SSSR count). The number of hydrogen-bond acceptors (Lipinski definition) is 6. The third-order valence-corrected chi connectivity index (χ3v) is 4.57. The molecular weight excluding hydrogens is 352 g/mol. The lowest BCUT2D eigenvalue weighted by atomic mass is 9.85. The molecule has 1 aromatic rings. The first-order chi connectivity index (χ1) is 12.4. The molecule has 0 aromatic heterocycles. The maximum Gasteiger partial charge on any atom is 0.270 e. The first-order valence-corrected chi connectivity index (χ1v) is 8.75. The van der Waals surface area contributed by atoms with Gasteiger partial charge in [0.15, 0.2) is 0 Å². The van der Waals surface area contributed by atoms with Gasteiger partial charge < -0.3 is 19.5 Å². The van der Waals surface area contributed by atoms with Crippen LogP contribution in [0.5, 0.6) is 5.75 Å². The van der Waals surface area contributed by atoms with E-state index in [1.807, 2.05) is 20.8 Å². The average Bonchev–Trinajstić information content (AvgIpc) is 2.85. The van der Waals surface area contributed by atoms with Crippen LogP contribution in [0.1, 0.15) is 46.2 Å². The Labute approximate surface area is 157 Å². The van der Waals surface area contributed by atoms with Crippen molar-refractivity contribution in [1.82, 2.24) is 4.90 Å². The van der Waals surface area contributed by atoms with Crippen molar-refractivity contribution in [3.63, 3.8) is 0 Å². The molecule has 8 heteroatoms. The smallest absolute Gasteiger partial charge is 0.270 e. The van der Waals surface area contributed by atoms with E-state index in [2.05, 4.69) is 0 Å². The molecule has 0 spiro atoms. The zero-order valence-electron chi connectivity index (χ0n) is 16.1. The van der Waals surface area contributed by atoms with Gasteiger partial charge in [0.1, 0.15) is 28.8 Å². The Morgan fingerprint density at radius 1 is 1.37 bits per heavy atom. The van der Waals surface area contributed by atoms with Crippen LogP contribution in [0.4, 0.5) is 5.69 Å². The summed E-state index contributed by atoms with van der Waals surface area (Å²) in [5.41, 5.74) is -1.15. The fraction of sp³-hybridized carbons (Fsp3) is 0.526. The lowest BCUT2D eigenvalue weighted by molar-refractivity contribution is -0.385. The zero-order valence-corrected chi connectivity index (χ0v) is 16.1. The minimum atomic E-state index is -1.07. The van der Waals surface area contributed by atoms with Gasteiger partial charge in [0.05, 0.1) is 17.5 Å². The second kappa shape index (κ2) is 6.23. The largest absolute Gasteiger partial charge is 0.490 e. The van der Waals surface area contributed by atoms with Crippen molar-refractivity contribution in [1.29, 1.82) is 0 Å². The number of rotatable bonds is 3. The van der Waals surface area contributed by atoms with Crippen LogP contribution in [-0.2, 0) is 9.53 Å². The second-order valence-electron chi connectivity index (χ2n) is 8.37. The number of nitro benzene ring substituents is 1. The maximum atomic E-state index is 12.6. The van der Waals surface area contributed by atoms with Gasteiger partial charge in [0.2, 0.25) is 0 Å². The molecule has 0 saturated carbocycles. The highest BCUT2D eigenvalue weighted by Crippen LogP contribution is 2.45. The van der Waals surface area contributed by atoms with Gasteiger partial charge in [-0.15, -0.1) is 0 Å². The van der Waals surface area contributed by atoms with Gasteiger partial charge in [-0.25, -0.2) is 0 Å². The van der Waals surface area contributed by atoms with Gasteiger partial charge in [-0.1, -0.05) is 0 Å². The summed E-state index contributed by atoms with van der Waals surface area (Å²) in [6, 6.07) is 3.43. The molecule has 2 aliphatic rings. The lowest BCUT2D eigenvalue weighted by Crippen LogP contribution is -2.54. The number of fused-ring (bicyclic) bond motifs is 1. The zero-order chi connectivity index (χ0) is 20.1. The molecule has 1 amide bonds. The SMILES string of the molecule is CC(C)(C)OC1=CC(=O)N(C2c3cc([N+](=O)[O-])ccc3OC(C)(C)C2O)C1. The van der Waals surface area contributed by atoms with Crippen molar-refractivity contribution >= 4 is 11.6 Å². The molecule has 8 nitrogen and oxygen atoms in total. The van der Waals surface area contributed by atoms with Crippen LogP contribution in [0.15, 0.2) is 30.0 Å². The monoisotopic (exact) mass is 376 g/mol. The van der Waals surface area contributed by atoms with E-state index in [4.69, 9.17) is 9.47 Å². The van der Waals surface area contributed by atoms with E-state index >= 15 is 0 Å². The third-order valence-electron chi connectivity index (χ3n) is 4.57. The molecule has 0 fully saturated rings.